The van der Waals surface area contributed by atoms with Crippen molar-refractivity contribution in [2.75, 3.05) is 7.11 Å². The van der Waals surface area contributed by atoms with Gasteiger partial charge in [0.1, 0.15) is 0 Å². The van der Waals surface area contributed by atoms with E-state index in [2.05, 4.69) is 15.9 Å². The molecule has 2 rings (SSSR count). The molecule has 0 aliphatic heterocycles. The summed E-state index contributed by atoms with van der Waals surface area (Å²) in [6.07, 6.45) is 0.570. The molecule has 2 aromatic carbocycles. The van der Waals surface area contributed by atoms with Gasteiger partial charge >= 0.3 is 0 Å². The van der Waals surface area contributed by atoms with Crippen LogP contribution in [0.1, 0.15) is 17.2 Å². The molecule has 0 saturated heterocycles. The van der Waals surface area contributed by atoms with E-state index in [9.17, 15) is 4.39 Å². The first-order valence-corrected chi connectivity index (χ1v) is 7.21. The molecule has 0 bridgehead atoms. The maximum absolute atomic E-state index is 13.4. The van der Waals surface area contributed by atoms with Crippen molar-refractivity contribution in [3.63, 3.8) is 0 Å². The van der Waals surface area contributed by atoms with Crippen LogP contribution in [0.5, 0.6) is 5.75 Å². The fourth-order valence-corrected chi connectivity index (χ4v) is 2.70. The average Bonchev–Trinajstić information content (AvgIpc) is 2.42. The summed E-state index contributed by atoms with van der Waals surface area (Å²) >= 11 is 9.53. The van der Waals surface area contributed by atoms with E-state index in [1.54, 1.807) is 12.1 Å². The van der Waals surface area contributed by atoms with Crippen LogP contribution >= 0.6 is 27.5 Å². The summed E-state index contributed by atoms with van der Waals surface area (Å²) in [5.41, 5.74) is 7.92. The Hall–Kier alpha value is -1.10. The van der Waals surface area contributed by atoms with Crippen LogP contribution in [0.2, 0.25) is 5.02 Å². The van der Waals surface area contributed by atoms with Gasteiger partial charge in [-0.2, -0.15) is 0 Å². The van der Waals surface area contributed by atoms with Crippen molar-refractivity contribution in [3.05, 3.63) is 62.8 Å². The van der Waals surface area contributed by atoms with Gasteiger partial charge in [-0.15, -0.1) is 0 Å². The zero-order valence-corrected chi connectivity index (χ0v) is 13.2. The van der Waals surface area contributed by atoms with Gasteiger partial charge in [0.2, 0.25) is 0 Å². The molecule has 0 aliphatic rings. The predicted octanol–water partition coefficient (Wildman–Crippen LogP) is 4.49. The average molecular weight is 359 g/mol. The van der Waals surface area contributed by atoms with E-state index in [-0.39, 0.29) is 11.8 Å². The molecule has 0 amide bonds. The highest BCUT2D eigenvalue weighted by molar-refractivity contribution is 9.10. The second-order valence-electron chi connectivity index (χ2n) is 4.44. The number of nitrogens with two attached hydrogens (primary N) is 1. The van der Waals surface area contributed by atoms with Gasteiger partial charge in [-0.25, -0.2) is 4.39 Å². The Kier molecular flexibility index (Phi) is 5.02. The molecule has 5 heteroatoms. The fraction of sp³-hybridized carbons (Fsp3) is 0.200. The van der Waals surface area contributed by atoms with Crippen LogP contribution in [0, 0.1) is 5.82 Å². The zero-order valence-electron chi connectivity index (χ0n) is 10.9. The number of ether oxygens (including phenoxy) is 1. The lowest BCUT2D eigenvalue weighted by molar-refractivity contribution is 0.385. The molecule has 0 radical (unpaired) electrons. The molecule has 2 N–H and O–H groups in total. The molecule has 0 spiro atoms. The molecule has 0 fully saturated rings. The van der Waals surface area contributed by atoms with Gasteiger partial charge in [0.15, 0.2) is 11.6 Å². The largest absolute Gasteiger partial charge is 0.494 e. The van der Waals surface area contributed by atoms with E-state index in [1.165, 1.54) is 13.2 Å². The van der Waals surface area contributed by atoms with E-state index in [4.69, 9.17) is 22.1 Å². The molecule has 20 heavy (non-hydrogen) atoms. The van der Waals surface area contributed by atoms with E-state index >= 15 is 0 Å². The monoisotopic (exact) mass is 357 g/mol. The summed E-state index contributed by atoms with van der Waals surface area (Å²) in [5.74, 6) is -0.204. The number of hydrogen-bond donors (Lipinski definition) is 1. The van der Waals surface area contributed by atoms with Crippen molar-refractivity contribution >= 4 is 27.5 Å². The highest BCUT2D eigenvalue weighted by Gasteiger charge is 2.12. The van der Waals surface area contributed by atoms with E-state index in [1.807, 2.05) is 18.2 Å². The summed E-state index contributed by atoms with van der Waals surface area (Å²) in [7, 11) is 1.43. The Balaban J connectivity index is 2.21. The summed E-state index contributed by atoms with van der Waals surface area (Å²) in [6, 6.07) is 10.0. The minimum Gasteiger partial charge on any atom is -0.494 e. The lowest BCUT2D eigenvalue weighted by Crippen LogP contribution is -2.14. The molecule has 0 aliphatic carbocycles. The Morgan fingerprint density at radius 3 is 2.70 bits per heavy atom. The maximum Gasteiger partial charge on any atom is 0.165 e. The molecule has 2 aromatic rings. The minimum absolute atomic E-state index is 0.194. The standard InChI is InChI=1S/C15H14BrClFNO/c1-20-15-7-10(3-5-13(15)18)14(19)6-9-2-4-11(16)8-12(9)17/h2-5,7-8,14H,6,19H2,1H3. The second kappa shape index (κ2) is 6.57. The molecule has 0 aromatic heterocycles. The molecule has 0 saturated carbocycles. The highest BCUT2D eigenvalue weighted by Crippen LogP contribution is 2.27. The van der Waals surface area contributed by atoms with Crippen LogP contribution in [0.15, 0.2) is 40.9 Å². The van der Waals surface area contributed by atoms with E-state index in [0.717, 1.165) is 15.6 Å². The van der Waals surface area contributed by atoms with Crippen LogP contribution in [-0.4, -0.2) is 7.11 Å². The van der Waals surface area contributed by atoms with Crippen LogP contribution in [0.25, 0.3) is 0 Å². The first-order chi connectivity index (χ1) is 9.51. The molecule has 1 atom stereocenters. The number of halogens is 3. The first kappa shape index (κ1) is 15.3. The van der Waals surface area contributed by atoms with Gasteiger partial charge < -0.3 is 10.5 Å². The second-order valence-corrected chi connectivity index (χ2v) is 5.76. The van der Waals surface area contributed by atoms with E-state index in [0.29, 0.717) is 11.4 Å². The highest BCUT2D eigenvalue weighted by atomic mass is 79.9. The smallest absolute Gasteiger partial charge is 0.165 e. The number of benzene rings is 2. The van der Waals surface area contributed by atoms with Gasteiger partial charge in [0, 0.05) is 15.5 Å². The van der Waals surface area contributed by atoms with Crippen LogP contribution in [0.4, 0.5) is 4.39 Å². The van der Waals surface area contributed by atoms with Crippen LogP contribution in [0.3, 0.4) is 0 Å². The number of methoxy groups -OCH3 is 1. The lowest BCUT2D eigenvalue weighted by Gasteiger charge is -2.14. The SMILES string of the molecule is COc1cc(C(N)Cc2ccc(Br)cc2Cl)ccc1F. The topological polar surface area (TPSA) is 35.2 Å². The summed E-state index contributed by atoms with van der Waals surface area (Å²) in [6.45, 7) is 0. The third-order valence-electron chi connectivity index (χ3n) is 3.06. The van der Waals surface area contributed by atoms with Gasteiger partial charge in [-0.05, 0) is 41.8 Å². The Morgan fingerprint density at radius 2 is 2.05 bits per heavy atom. The number of rotatable bonds is 4. The zero-order chi connectivity index (χ0) is 14.7. The molecular formula is C15H14BrClFNO. The predicted molar refractivity (Wildman–Crippen MR) is 82.7 cm³/mol. The Bertz CT molecular complexity index is 621. The Labute approximate surface area is 130 Å². The first-order valence-electron chi connectivity index (χ1n) is 6.04. The molecular weight excluding hydrogens is 345 g/mol. The molecule has 0 heterocycles. The van der Waals surface area contributed by atoms with Gasteiger partial charge in [-0.1, -0.05) is 39.7 Å². The Morgan fingerprint density at radius 1 is 1.30 bits per heavy atom. The van der Waals surface area contributed by atoms with Crippen LogP contribution in [-0.2, 0) is 6.42 Å². The van der Waals surface area contributed by atoms with Crippen molar-refractivity contribution in [2.24, 2.45) is 5.73 Å². The molecule has 2 nitrogen and oxygen atoms in total. The summed E-state index contributed by atoms with van der Waals surface area (Å²) in [5, 5.41) is 0.656. The molecule has 1 unspecified atom stereocenters. The normalized spacial score (nSPS) is 12.2. The van der Waals surface area contributed by atoms with Crippen LogP contribution < -0.4 is 10.5 Å². The fourth-order valence-electron chi connectivity index (χ4n) is 1.95. The number of hydrogen-bond acceptors (Lipinski definition) is 2. The van der Waals surface area contributed by atoms with E-state index < -0.39 is 5.82 Å². The van der Waals surface area contributed by atoms with Gasteiger partial charge in [0.05, 0.1) is 7.11 Å². The lowest BCUT2D eigenvalue weighted by atomic mass is 9.99. The maximum atomic E-state index is 13.4. The van der Waals surface area contributed by atoms with Crippen molar-refractivity contribution in [2.45, 2.75) is 12.5 Å². The quantitative estimate of drug-likeness (QED) is 0.874. The summed E-state index contributed by atoms with van der Waals surface area (Å²) in [4.78, 5) is 0. The van der Waals surface area contributed by atoms with Crippen molar-refractivity contribution < 1.29 is 9.13 Å². The third kappa shape index (κ3) is 3.51. The van der Waals surface area contributed by atoms with Crippen molar-refractivity contribution in [3.8, 4) is 5.75 Å². The van der Waals surface area contributed by atoms with Gasteiger partial charge in [0.25, 0.3) is 0 Å². The molecule has 106 valence electrons. The third-order valence-corrected chi connectivity index (χ3v) is 3.90. The minimum atomic E-state index is -0.398. The van der Waals surface area contributed by atoms with Crippen molar-refractivity contribution in [1.29, 1.82) is 0 Å². The van der Waals surface area contributed by atoms with Gasteiger partial charge in [-0.3, -0.25) is 0 Å². The van der Waals surface area contributed by atoms with Crippen molar-refractivity contribution in [1.82, 2.24) is 0 Å². The summed E-state index contributed by atoms with van der Waals surface area (Å²) < 4.78 is 19.3.